The van der Waals surface area contributed by atoms with Gasteiger partial charge < -0.3 is 24.1 Å². The van der Waals surface area contributed by atoms with Crippen molar-refractivity contribution in [2.45, 2.75) is 87.5 Å². The fourth-order valence-electron chi connectivity index (χ4n) is 10.3. The monoisotopic (exact) mass is 664 g/mol. The van der Waals surface area contributed by atoms with E-state index in [-0.39, 0.29) is 53.0 Å². The summed E-state index contributed by atoms with van der Waals surface area (Å²) in [4.78, 5) is 24.5. The van der Waals surface area contributed by atoms with Crippen LogP contribution in [0.25, 0.3) is 0 Å². The maximum atomic E-state index is 14.0. The molecule has 8 rings (SSSR count). The van der Waals surface area contributed by atoms with Crippen molar-refractivity contribution in [1.82, 2.24) is 0 Å². The molecule has 47 heavy (non-hydrogen) atoms. The van der Waals surface area contributed by atoms with E-state index in [0.29, 0.717) is 25.7 Å². The lowest BCUT2D eigenvalue weighted by Gasteiger charge is -2.60. The molecule has 0 bridgehead atoms. The molecule has 0 unspecified atom stereocenters. The van der Waals surface area contributed by atoms with E-state index in [1.165, 1.54) is 31.4 Å². The Balaban J connectivity index is 1.23. The van der Waals surface area contributed by atoms with Gasteiger partial charge in [0, 0.05) is 11.0 Å². The van der Waals surface area contributed by atoms with Crippen molar-refractivity contribution in [1.29, 1.82) is 0 Å². The Morgan fingerprint density at radius 1 is 1.11 bits per heavy atom. The Kier molecular flexibility index (Phi) is 6.78. The van der Waals surface area contributed by atoms with Gasteiger partial charge >= 0.3 is 11.9 Å². The predicted octanol–water partition coefficient (Wildman–Crippen LogP) is 4.35. The number of benzene rings is 2. The highest BCUT2D eigenvalue weighted by Crippen LogP contribution is 2.87. The van der Waals surface area contributed by atoms with Crippen molar-refractivity contribution >= 4 is 22.1 Å². The number of ether oxygens (including phenoxy) is 4. The van der Waals surface area contributed by atoms with Gasteiger partial charge in [0.25, 0.3) is 10.1 Å². The van der Waals surface area contributed by atoms with Crippen LogP contribution in [0.1, 0.15) is 62.4 Å². The minimum atomic E-state index is -4.41. The van der Waals surface area contributed by atoms with Crippen LogP contribution in [0.5, 0.6) is 0 Å². The Morgan fingerprint density at radius 3 is 2.51 bits per heavy atom. The van der Waals surface area contributed by atoms with E-state index in [1.54, 1.807) is 0 Å². The first-order valence-electron chi connectivity index (χ1n) is 16.4. The van der Waals surface area contributed by atoms with Gasteiger partial charge in [-0.3, -0.25) is 4.18 Å². The number of fused-ring (bicyclic) bond motifs is 2. The summed E-state index contributed by atoms with van der Waals surface area (Å²) < 4.78 is 58.2. The van der Waals surface area contributed by atoms with E-state index in [4.69, 9.17) is 23.1 Å². The van der Waals surface area contributed by atoms with Crippen LogP contribution >= 0.6 is 0 Å². The number of carbonyl (C=O) groups excluding carboxylic acids is 2. The molecule has 6 aliphatic rings. The Labute approximate surface area is 274 Å². The van der Waals surface area contributed by atoms with Crippen molar-refractivity contribution < 1.29 is 46.2 Å². The average Bonchev–Trinajstić information content (AvgIpc) is 3.96. The molecule has 2 aromatic rings. The van der Waals surface area contributed by atoms with Crippen LogP contribution in [0.15, 0.2) is 70.6 Å². The minimum Gasteiger partial charge on any atom is -0.465 e. The smallest absolute Gasteiger partial charge is 0.337 e. The molecule has 4 aliphatic carbocycles. The molecule has 9 atom stereocenters. The summed E-state index contributed by atoms with van der Waals surface area (Å²) >= 11 is 0. The SMILES string of the molecule is COC(=O)c1ccc(S(=O)(=O)O[C@@H]2[C@@H]3C[C@]34[C@]3(O[C@H]3C[C@H]3C5=C(CC[C@@]34C)C(=O)OC5)[C@H](OCc3ccccc3)[C@]2(O)C(C)C)cc1. The molecule has 3 saturated carbocycles. The summed E-state index contributed by atoms with van der Waals surface area (Å²) in [6.07, 6.45) is 0.289. The molecule has 2 heterocycles. The molecule has 11 heteroatoms. The van der Waals surface area contributed by atoms with Gasteiger partial charge in [-0.2, -0.15) is 8.42 Å². The number of epoxide rings is 1. The first-order chi connectivity index (χ1) is 22.3. The lowest BCUT2D eigenvalue weighted by molar-refractivity contribution is -0.257. The van der Waals surface area contributed by atoms with E-state index in [9.17, 15) is 23.1 Å². The molecule has 10 nitrogen and oxygen atoms in total. The van der Waals surface area contributed by atoms with E-state index in [0.717, 1.165) is 16.7 Å². The predicted molar refractivity (Wildman–Crippen MR) is 166 cm³/mol. The van der Waals surface area contributed by atoms with Gasteiger partial charge in [-0.25, -0.2) is 9.59 Å². The third-order valence-corrected chi connectivity index (χ3v) is 13.9. The van der Waals surface area contributed by atoms with Crippen LogP contribution in [0.3, 0.4) is 0 Å². The first kappa shape index (κ1) is 31.2. The number of hydrogen-bond acceptors (Lipinski definition) is 10. The minimum absolute atomic E-state index is 0.0199. The van der Waals surface area contributed by atoms with E-state index in [2.05, 4.69) is 6.92 Å². The molecule has 0 aromatic heterocycles. The Hall–Kier alpha value is -3.09. The van der Waals surface area contributed by atoms with Crippen LogP contribution in [-0.4, -0.2) is 68.7 Å². The highest BCUT2D eigenvalue weighted by molar-refractivity contribution is 7.86. The summed E-state index contributed by atoms with van der Waals surface area (Å²) in [5.74, 6) is -1.62. The first-order valence-corrected chi connectivity index (χ1v) is 17.8. The van der Waals surface area contributed by atoms with Crippen molar-refractivity contribution in [2.24, 2.45) is 28.6 Å². The summed E-state index contributed by atoms with van der Waals surface area (Å²) in [5.41, 5.74) is -0.581. The van der Waals surface area contributed by atoms with Crippen molar-refractivity contribution in [3.63, 3.8) is 0 Å². The zero-order valence-corrected chi connectivity index (χ0v) is 27.7. The van der Waals surface area contributed by atoms with Gasteiger partial charge in [0.2, 0.25) is 0 Å². The number of carbonyl (C=O) groups is 2. The second-order valence-electron chi connectivity index (χ2n) is 14.7. The van der Waals surface area contributed by atoms with Gasteiger partial charge in [-0.1, -0.05) is 51.1 Å². The van der Waals surface area contributed by atoms with Crippen LogP contribution in [0, 0.1) is 28.6 Å². The molecule has 2 aliphatic heterocycles. The van der Waals surface area contributed by atoms with E-state index >= 15 is 0 Å². The molecule has 0 radical (unpaired) electrons. The zero-order valence-electron chi connectivity index (χ0n) is 26.9. The highest BCUT2D eigenvalue weighted by Gasteiger charge is 2.95. The van der Waals surface area contributed by atoms with Crippen molar-refractivity contribution in [3.05, 3.63) is 76.9 Å². The van der Waals surface area contributed by atoms with Crippen molar-refractivity contribution in [3.8, 4) is 0 Å². The molecule has 4 fully saturated rings. The molecule has 2 spiro atoms. The quantitative estimate of drug-likeness (QED) is 0.246. The van der Waals surface area contributed by atoms with Gasteiger partial charge in [0.1, 0.15) is 30.0 Å². The molecule has 1 saturated heterocycles. The highest BCUT2D eigenvalue weighted by atomic mass is 32.2. The van der Waals surface area contributed by atoms with E-state index < -0.39 is 50.8 Å². The van der Waals surface area contributed by atoms with Gasteiger partial charge in [-0.15, -0.1) is 0 Å². The fraction of sp³-hybridized carbons (Fsp3) is 0.556. The molecular formula is C36H40O10S. The maximum Gasteiger partial charge on any atom is 0.337 e. The van der Waals surface area contributed by atoms with Crippen LogP contribution in [0.2, 0.25) is 0 Å². The van der Waals surface area contributed by atoms with Crippen LogP contribution < -0.4 is 0 Å². The normalized spacial score (nSPS) is 39.6. The lowest BCUT2D eigenvalue weighted by Crippen LogP contribution is -2.73. The summed E-state index contributed by atoms with van der Waals surface area (Å²) in [7, 11) is -3.15. The second kappa shape index (κ2) is 10.2. The molecule has 0 amide bonds. The Bertz CT molecular complexity index is 1790. The van der Waals surface area contributed by atoms with Crippen LogP contribution in [0.4, 0.5) is 0 Å². The molecule has 250 valence electrons. The number of rotatable bonds is 8. The number of cyclic esters (lactones) is 1. The number of esters is 2. The number of aliphatic hydroxyl groups is 1. The summed E-state index contributed by atoms with van der Waals surface area (Å²) in [5, 5.41) is 13.0. The number of methoxy groups -OCH3 is 1. The van der Waals surface area contributed by atoms with Gasteiger partial charge in [0.15, 0.2) is 0 Å². The van der Waals surface area contributed by atoms with Gasteiger partial charge in [-0.05, 0) is 84.3 Å². The average molecular weight is 665 g/mol. The molecule has 1 N–H and O–H groups in total. The van der Waals surface area contributed by atoms with Crippen molar-refractivity contribution in [2.75, 3.05) is 13.7 Å². The summed E-state index contributed by atoms with van der Waals surface area (Å²) in [6.45, 7) is 6.45. The fourth-order valence-corrected chi connectivity index (χ4v) is 11.4. The number of hydrogen-bond donors (Lipinski definition) is 1. The third kappa shape index (κ3) is 4.00. The lowest BCUT2D eigenvalue weighted by atomic mass is 9.44. The van der Waals surface area contributed by atoms with Gasteiger partial charge in [0.05, 0.1) is 30.3 Å². The van der Waals surface area contributed by atoms with Crippen LogP contribution in [-0.2, 0) is 44.7 Å². The molecular weight excluding hydrogens is 624 g/mol. The Morgan fingerprint density at radius 2 is 1.83 bits per heavy atom. The molecule has 2 aromatic carbocycles. The zero-order chi connectivity index (χ0) is 33.1. The topological polar surface area (TPSA) is 138 Å². The van der Waals surface area contributed by atoms with E-state index in [1.807, 2.05) is 44.2 Å². The third-order valence-electron chi connectivity index (χ3n) is 12.6. The maximum absolute atomic E-state index is 14.0. The second-order valence-corrected chi connectivity index (χ2v) is 16.2. The largest absolute Gasteiger partial charge is 0.465 e. The standard InChI is InChI=1S/C36H40O10S/c1-20(2)35(39)29(46-47(40,41)23-12-10-22(11-13-23)30(37)42-4)27-17-34(27)33(3)15-14-24-25(19-43-31(24)38)26(33)16-28-36(34,45-28)32(35)44-18-21-8-6-5-7-9-21/h5-13,20,26-29,32,39H,14-19H2,1-4H3/t26-,27-,28-,29+,32+,33-,34-,35-,36+/m0/s1. The summed E-state index contributed by atoms with van der Waals surface area (Å²) in [6, 6.07) is 15.1.